The van der Waals surface area contributed by atoms with Gasteiger partial charge in [-0.25, -0.2) is 0 Å². The first kappa shape index (κ1) is 16.6. The van der Waals surface area contributed by atoms with Gasteiger partial charge in [0.25, 0.3) is 0 Å². The molecular weight excluding hydrogens is 312 g/mol. The fraction of sp³-hybridized carbons (Fsp3) is 0.529. The van der Waals surface area contributed by atoms with Crippen molar-refractivity contribution in [3.8, 4) is 17.2 Å². The largest absolute Gasteiger partial charge is 0.496 e. The summed E-state index contributed by atoms with van der Waals surface area (Å²) in [7, 11) is 6.32. The van der Waals surface area contributed by atoms with Crippen LogP contribution in [-0.2, 0) is 16.1 Å². The number of imide groups is 1. The lowest BCUT2D eigenvalue weighted by Gasteiger charge is -2.21. The van der Waals surface area contributed by atoms with Gasteiger partial charge in [-0.1, -0.05) is 0 Å². The fourth-order valence-corrected chi connectivity index (χ4v) is 3.58. The van der Waals surface area contributed by atoms with Crippen molar-refractivity contribution < 1.29 is 23.8 Å². The van der Waals surface area contributed by atoms with Crippen LogP contribution >= 0.6 is 0 Å². The minimum atomic E-state index is -0.228. The van der Waals surface area contributed by atoms with E-state index in [1.807, 2.05) is 6.07 Å². The molecule has 3 rings (SSSR count). The molecule has 2 atom stereocenters. The monoisotopic (exact) mass is 334 g/mol. The number of amides is 2. The Kier molecular flexibility index (Phi) is 4.36. The Balaban J connectivity index is 1.80. The summed E-state index contributed by atoms with van der Waals surface area (Å²) in [5, 5.41) is 0. The third-order valence-electron chi connectivity index (χ3n) is 4.87. The highest BCUT2D eigenvalue weighted by molar-refractivity contribution is 6.05. The van der Waals surface area contributed by atoms with E-state index >= 15 is 0 Å². The van der Waals surface area contributed by atoms with Gasteiger partial charge in [-0.05, 0) is 6.07 Å². The highest BCUT2D eigenvalue weighted by Gasteiger charge is 2.50. The molecule has 7 heteroatoms. The lowest BCUT2D eigenvalue weighted by atomic mass is 10.00. The van der Waals surface area contributed by atoms with E-state index in [-0.39, 0.29) is 23.7 Å². The van der Waals surface area contributed by atoms with Crippen LogP contribution in [0.5, 0.6) is 17.2 Å². The molecule has 0 aromatic heterocycles. The van der Waals surface area contributed by atoms with Gasteiger partial charge in [-0.15, -0.1) is 0 Å². The van der Waals surface area contributed by atoms with Gasteiger partial charge in [0, 0.05) is 38.3 Å². The number of rotatable bonds is 5. The van der Waals surface area contributed by atoms with Gasteiger partial charge >= 0.3 is 0 Å². The number of carbonyl (C=O) groups excluding carboxylic acids is 2. The molecule has 0 aliphatic carbocycles. The SMILES string of the molecule is COc1cc(OC)c(OC)cc1CN1C[C@@H]2C(=O)N(C)C(=O)[C@@H]2C1. The van der Waals surface area contributed by atoms with Crippen molar-refractivity contribution in [1.82, 2.24) is 9.80 Å². The maximum absolute atomic E-state index is 12.1. The normalized spacial score (nSPS) is 23.6. The Morgan fingerprint density at radius 2 is 1.42 bits per heavy atom. The second-order valence-electron chi connectivity index (χ2n) is 6.16. The minimum absolute atomic E-state index is 0.0771. The van der Waals surface area contributed by atoms with Crippen molar-refractivity contribution in [3.05, 3.63) is 17.7 Å². The molecule has 1 aromatic carbocycles. The number of hydrogen-bond acceptors (Lipinski definition) is 6. The number of methoxy groups -OCH3 is 3. The maximum Gasteiger partial charge on any atom is 0.234 e. The van der Waals surface area contributed by atoms with Crippen molar-refractivity contribution >= 4 is 11.8 Å². The molecule has 2 aliphatic rings. The predicted molar refractivity (Wildman–Crippen MR) is 86.1 cm³/mol. The second-order valence-corrected chi connectivity index (χ2v) is 6.16. The zero-order valence-corrected chi connectivity index (χ0v) is 14.4. The fourth-order valence-electron chi connectivity index (χ4n) is 3.58. The second kappa shape index (κ2) is 6.32. The lowest BCUT2D eigenvalue weighted by Crippen LogP contribution is -2.33. The van der Waals surface area contributed by atoms with Crippen molar-refractivity contribution in [1.29, 1.82) is 0 Å². The Morgan fingerprint density at radius 3 is 1.92 bits per heavy atom. The minimum Gasteiger partial charge on any atom is -0.496 e. The topological polar surface area (TPSA) is 68.3 Å². The van der Waals surface area contributed by atoms with Gasteiger partial charge < -0.3 is 14.2 Å². The first-order valence-corrected chi connectivity index (χ1v) is 7.82. The summed E-state index contributed by atoms with van der Waals surface area (Å²) in [6.07, 6.45) is 0. The van der Waals surface area contributed by atoms with E-state index in [1.54, 1.807) is 34.4 Å². The standard InChI is InChI=1S/C17H22N2O5/c1-18-16(20)11-8-19(9-12(11)17(18)21)7-10-5-14(23-3)15(24-4)6-13(10)22-2/h5-6,11-12H,7-9H2,1-4H3/t11-,12+. The molecule has 0 bridgehead atoms. The van der Waals surface area contributed by atoms with E-state index in [0.717, 1.165) is 5.56 Å². The van der Waals surface area contributed by atoms with Crippen molar-refractivity contribution in [2.45, 2.75) is 6.54 Å². The maximum atomic E-state index is 12.1. The molecule has 7 nitrogen and oxygen atoms in total. The van der Waals surface area contributed by atoms with Crippen LogP contribution in [0.2, 0.25) is 0 Å². The van der Waals surface area contributed by atoms with E-state index in [0.29, 0.717) is 36.9 Å². The summed E-state index contributed by atoms with van der Waals surface area (Å²) in [4.78, 5) is 27.6. The molecule has 0 unspecified atom stereocenters. The number of hydrogen-bond donors (Lipinski definition) is 0. The van der Waals surface area contributed by atoms with Crippen LogP contribution in [0.4, 0.5) is 0 Å². The number of fused-ring (bicyclic) bond motifs is 1. The predicted octanol–water partition coefficient (Wildman–Crippen LogP) is 0.759. The van der Waals surface area contributed by atoms with E-state index in [4.69, 9.17) is 14.2 Å². The highest BCUT2D eigenvalue weighted by atomic mass is 16.5. The molecule has 0 radical (unpaired) electrons. The zero-order chi connectivity index (χ0) is 17.4. The Hall–Kier alpha value is -2.28. The Bertz CT molecular complexity index is 651. The van der Waals surface area contributed by atoms with Crippen molar-refractivity contribution in [2.75, 3.05) is 41.5 Å². The first-order valence-electron chi connectivity index (χ1n) is 7.82. The van der Waals surface area contributed by atoms with Crippen LogP contribution in [-0.4, -0.2) is 63.1 Å². The van der Waals surface area contributed by atoms with Crippen LogP contribution in [0.15, 0.2) is 12.1 Å². The van der Waals surface area contributed by atoms with E-state index in [2.05, 4.69) is 4.90 Å². The van der Waals surface area contributed by atoms with E-state index in [1.165, 1.54) is 4.90 Å². The van der Waals surface area contributed by atoms with Gasteiger partial charge in [-0.3, -0.25) is 19.4 Å². The van der Waals surface area contributed by atoms with Crippen molar-refractivity contribution in [2.24, 2.45) is 11.8 Å². The molecular formula is C17H22N2O5. The molecule has 1 aromatic rings. The van der Waals surface area contributed by atoms with Crippen LogP contribution in [0.1, 0.15) is 5.56 Å². The quantitative estimate of drug-likeness (QED) is 0.741. The average Bonchev–Trinajstić information content (AvgIpc) is 3.09. The van der Waals surface area contributed by atoms with Crippen LogP contribution in [0.25, 0.3) is 0 Å². The first-order chi connectivity index (χ1) is 11.5. The Morgan fingerprint density at radius 1 is 0.917 bits per heavy atom. The van der Waals surface area contributed by atoms with Crippen LogP contribution in [0, 0.1) is 11.8 Å². The summed E-state index contributed by atoms with van der Waals surface area (Å²) in [5.41, 5.74) is 0.934. The molecule has 2 amide bonds. The smallest absolute Gasteiger partial charge is 0.234 e. The van der Waals surface area contributed by atoms with Gasteiger partial charge in [0.1, 0.15) is 5.75 Å². The zero-order valence-electron chi connectivity index (χ0n) is 14.4. The highest BCUT2D eigenvalue weighted by Crippen LogP contribution is 2.38. The molecule has 24 heavy (non-hydrogen) atoms. The van der Waals surface area contributed by atoms with Crippen molar-refractivity contribution in [3.63, 3.8) is 0 Å². The van der Waals surface area contributed by atoms with Gasteiger partial charge in [0.05, 0.1) is 33.2 Å². The summed E-state index contributed by atoms with van der Waals surface area (Å²) in [5.74, 6) is 1.31. The third kappa shape index (κ3) is 2.58. The lowest BCUT2D eigenvalue weighted by molar-refractivity contribution is -0.138. The third-order valence-corrected chi connectivity index (χ3v) is 4.87. The van der Waals surface area contributed by atoms with Gasteiger partial charge in [0.2, 0.25) is 11.8 Å². The number of nitrogens with zero attached hydrogens (tertiary/aromatic N) is 2. The molecule has 0 N–H and O–H groups in total. The molecule has 0 spiro atoms. The van der Waals surface area contributed by atoms with Crippen LogP contribution < -0.4 is 14.2 Å². The molecule has 2 heterocycles. The van der Waals surface area contributed by atoms with Gasteiger partial charge in [0.15, 0.2) is 11.5 Å². The average molecular weight is 334 g/mol. The number of carbonyl (C=O) groups is 2. The van der Waals surface area contributed by atoms with Gasteiger partial charge in [-0.2, -0.15) is 0 Å². The Labute approximate surface area is 141 Å². The van der Waals surface area contributed by atoms with E-state index < -0.39 is 0 Å². The number of ether oxygens (including phenoxy) is 3. The summed E-state index contributed by atoms with van der Waals surface area (Å²) < 4.78 is 16.1. The molecule has 130 valence electrons. The number of likely N-dealkylation sites (tertiary alicyclic amines) is 2. The van der Waals surface area contributed by atoms with E-state index in [9.17, 15) is 9.59 Å². The summed E-state index contributed by atoms with van der Waals surface area (Å²) in [6, 6.07) is 3.66. The summed E-state index contributed by atoms with van der Waals surface area (Å²) in [6.45, 7) is 1.74. The molecule has 2 aliphatic heterocycles. The summed E-state index contributed by atoms with van der Waals surface area (Å²) >= 11 is 0. The molecule has 2 saturated heterocycles. The van der Waals surface area contributed by atoms with Crippen LogP contribution in [0.3, 0.4) is 0 Å². The number of benzene rings is 1. The molecule has 2 fully saturated rings. The molecule has 0 saturated carbocycles.